The van der Waals surface area contributed by atoms with E-state index in [1.54, 1.807) is 0 Å². The third kappa shape index (κ3) is 7.31. The van der Waals surface area contributed by atoms with Gasteiger partial charge >= 0.3 is 0 Å². The molecule has 1 N–H and O–H groups in total. The normalized spacial score (nSPS) is 12.2. The van der Waals surface area contributed by atoms with E-state index in [4.69, 9.17) is 4.74 Å². The topological polar surface area (TPSA) is 21.3 Å². The highest BCUT2D eigenvalue weighted by molar-refractivity contribution is 5.29. The van der Waals surface area contributed by atoms with Gasteiger partial charge in [0.1, 0.15) is 12.4 Å². The zero-order valence-corrected chi connectivity index (χ0v) is 16.6. The molecule has 0 atom stereocenters. The van der Waals surface area contributed by atoms with Crippen LogP contribution in [0.5, 0.6) is 5.75 Å². The van der Waals surface area contributed by atoms with E-state index in [0.29, 0.717) is 12.0 Å². The van der Waals surface area contributed by atoms with Crippen molar-refractivity contribution in [3.05, 3.63) is 65.2 Å². The van der Waals surface area contributed by atoms with Crippen LogP contribution in [-0.2, 0) is 13.2 Å². The van der Waals surface area contributed by atoms with Gasteiger partial charge in [-0.25, -0.2) is 0 Å². The van der Waals surface area contributed by atoms with Crippen LogP contribution in [0.1, 0.15) is 57.7 Å². The molecule has 2 aromatic rings. The Kier molecular flexibility index (Phi) is 6.29. The van der Waals surface area contributed by atoms with Crippen LogP contribution in [0.4, 0.5) is 0 Å². The van der Waals surface area contributed by atoms with Crippen LogP contribution in [0.2, 0.25) is 0 Å². The highest BCUT2D eigenvalue weighted by Gasteiger charge is 2.24. The molecule has 2 rings (SSSR count). The first-order chi connectivity index (χ1) is 11.6. The van der Waals surface area contributed by atoms with Crippen molar-refractivity contribution in [2.45, 2.75) is 66.7 Å². The van der Waals surface area contributed by atoms with Crippen molar-refractivity contribution >= 4 is 0 Å². The Morgan fingerprint density at radius 2 is 1.56 bits per heavy atom. The van der Waals surface area contributed by atoms with Crippen molar-refractivity contribution in [1.82, 2.24) is 5.32 Å². The largest absolute Gasteiger partial charge is 0.489 e. The van der Waals surface area contributed by atoms with Crippen LogP contribution in [0.25, 0.3) is 0 Å². The van der Waals surface area contributed by atoms with Gasteiger partial charge in [0.05, 0.1) is 0 Å². The van der Waals surface area contributed by atoms with Gasteiger partial charge in [-0.2, -0.15) is 0 Å². The Morgan fingerprint density at radius 3 is 2.20 bits per heavy atom. The molecular formula is C23H33NO. The molecule has 0 saturated carbocycles. The van der Waals surface area contributed by atoms with E-state index < -0.39 is 0 Å². The molecular weight excluding hydrogens is 306 g/mol. The Balaban J connectivity index is 1.91. The lowest BCUT2D eigenvalue weighted by atomic mass is 9.82. The fourth-order valence-corrected chi connectivity index (χ4v) is 3.33. The first-order valence-corrected chi connectivity index (χ1v) is 9.15. The Morgan fingerprint density at radius 1 is 0.880 bits per heavy atom. The zero-order chi connectivity index (χ0) is 18.5. The average molecular weight is 340 g/mol. The average Bonchev–Trinajstić information content (AvgIpc) is 2.51. The summed E-state index contributed by atoms with van der Waals surface area (Å²) in [5.74, 6) is 0.925. The summed E-state index contributed by atoms with van der Waals surface area (Å²) in [7, 11) is 0. The number of nitrogens with one attached hydrogen (secondary N) is 1. The summed E-state index contributed by atoms with van der Waals surface area (Å²) in [5.41, 5.74) is 4.14. The maximum atomic E-state index is 5.96. The van der Waals surface area contributed by atoms with Crippen molar-refractivity contribution in [3.8, 4) is 5.75 Å². The summed E-state index contributed by atoms with van der Waals surface area (Å²) in [5, 5.41) is 3.68. The molecule has 0 amide bonds. The molecule has 0 spiro atoms. The van der Waals surface area contributed by atoms with E-state index in [9.17, 15) is 0 Å². The van der Waals surface area contributed by atoms with E-state index in [1.165, 1.54) is 16.7 Å². The highest BCUT2D eigenvalue weighted by Crippen LogP contribution is 2.27. The van der Waals surface area contributed by atoms with Gasteiger partial charge in [-0.15, -0.1) is 0 Å². The minimum absolute atomic E-state index is 0.108. The van der Waals surface area contributed by atoms with Gasteiger partial charge in [0.2, 0.25) is 0 Å². The smallest absolute Gasteiger partial charge is 0.120 e. The standard InChI is InChI=1S/C23H33NO/c1-18-10-12-19(13-11-18)16-25-21-9-7-8-20(14-21)15-24-23(5,6)17-22(2,3)4/h7-14,24H,15-17H2,1-6H3. The summed E-state index contributed by atoms with van der Waals surface area (Å²) < 4.78 is 5.96. The number of rotatable bonds is 7. The van der Waals surface area contributed by atoms with Crippen molar-refractivity contribution in [2.75, 3.05) is 0 Å². The van der Waals surface area contributed by atoms with Crippen LogP contribution in [0, 0.1) is 12.3 Å². The summed E-state index contributed by atoms with van der Waals surface area (Å²) in [6, 6.07) is 16.9. The first kappa shape index (κ1) is 19.5. The predicted molar refractivity (Wildman–Crippen MR) is 107 cm³/mol. The molecule has 2 aromatic carbocycles. The van der Waals surface area contributed by atoms with E-state index >= 15 is 0 Å². The van der Waals surface area contributed by atoms with Crippen LogP contribution in [-0.4, -0.2) is 5.54 Å². The lowest BCUT2D eigenvalue weighted by Crippen LogP contribution is -2.41. The SMILES string of the molecule is Cc1ccc(COc2cccc(CNC(C)(C)CC(C)(C)C)c2)cc1. The predicted octanol–water partition coefficient (Wildman–Crippen LogP) is 5.88. The number of benzene rings is 2. The van der Waals surface area contributed by atoms with Gasteiger partial charge in [0, 0.05) is 12.1 Å². The molecule has 0 aromatic heterocycles. The number of aryl methyl sites for hydroxylation is 1. The second-order valence-corrected chi connectivity index (χ2v) is 8.90. The number of hydrogen-bond donors (Lipinski definition) is 1. The fraction of sp³-hybridized carbons (Fsp3) is 0.478. The molecule has 2 nitrogen and oxygen atoms in total. The molecule has 0 radical (unpaired) electrons. The molecule has 0 aliphatic rings. The maximum Gasteiger partial charge on any atom is 0.120 e. The Hall–Kier alpha value is -1.80. The highest BCUT2D eigenvalue weighted by atomic mass is 16.5. The summed E-state index contributed by atoms with van der Waals surface area (Å²) >= 11 is 0. The first-order valence-electron chi connectivity index (χ1n) is 9.15. The van der Waals surface area contributed by atoms with Gasteiger partial charge in [-0.1, -0.05) is 62.7 Å². The van der Waals surface area contributed by atoms with Gasteiger partial charge in [-0.05, 0) is 55.9 Å². The third-order valence-electron chi connectivity index (χ3n) is 4.17. The van der Waals surface area contributed by atoms with E-state index in [2.05, 4.69) is 89.3 Å². The molecule has 0 bridgehead atoms. The van der Waals surface area contributed by atoms with Gasteiger partial charge < -0.3 is 10.1 Å². The van der Waals surface area contributed by atoms with Crippen LogP contribution in [0.15, 0.2) is 48.5 Å². The number of hydrogen-bond acceptors (Lipinski definition) is 2. The summed E-state index contributed by atoms with van der Waals surface area (Å²) in [6.45, 7) is 15.0. The quantitative estimate of drug-likeness (QED) is 0.680. The van der Waals surface area contributed by atoms with Crippen molar-refractivity contribution in [3.63, 3.8) is 0 Å². The molecule has 25 heavy (non-hydrogen) atoms. The lowest BCUT2D eigenvalue weighted by Gasteiger charge is -2.33. The van der Waals surface area contributed by atoms with Crippen molar-refractivity contribution < 1.29 is 4.74 Å². The van der Waals surface area contributed by atoms with Gasteiger partial charge in [-0.3, -0.25) is 0 Å². The van der Waals surface area contributed by atoms with Crippen LogP contribution < -0.4 is 10.1 Å². The van der Waals surface area contributed by atoms with Gasteiger partial charge in [0.15, 0.2) is 0 Å². The molecule has 2 heteroatoms. The van der Waals surface area contributed by atoms with E-state index in [0.717, 1.165) is 18.7 Å². The molecule has 0 saturated heterocycles. The van der Waals surface area contributed by atoms with Gasteiger partial charge in [0.25, 0.3) is 0 Å². The van der Waals surface area contributed by atoms with Crippen molar-refractivity contribution in [2.24, 2.45) is 5.41 Å². The molecule has 136 valence electrons. The Labute approximate surface area is 153 Å². The second kappa shape index (κ2) is 8.05. The summed E-state index contributed by atoms with van der Waals surface area (Å²) in [4.78, 5) is 0. The molecule has 0 aliphatic carbocycles. The molecule has 0 heterocycles. The molecule has 0 fully saturated rings. The molecule has 0 aliphatic heterocycles. The fourth-order valence-electron chi connectivity index (χ4n) is 3.33. The summed E-state index contributed by atoms with van der Waals surface area (Å²) in [6.07, 6.45) is 1.13. The zero-order valence-electron chi connectivity index (χ0n) is 16.6. The number of ether oxygens (including phenoxy) is 1. The van der Waals surface area contributed by atoms with Crippen LogP contribution >= 0.6 is 0 Å². The van der Waals surface area contributed by atoms with Crippen molar-refractivity contribution in [1.29, 1.82) is 0 Å². The maximum absolute atomic E-state index is 5.96. The minimum Gasteiger partial charge on any atom is -0.489 e. The lowest BCUT2D eigenvalue weighted by molar-refractivity contribution is 0.240. The third-order valence-corrected chi connectivity index (χ3v) is 4.17. The van der Waals surface area contributed by atoms with E-state index in [1.807, 2.05) is 6.07 Å². The monoisotopic (exact) mass is 339 g/mol. The molecule has 0 unspecified atom stereocenters. The van der Waals surface area contributed by atoms with Crippen LogP contribution in [0.3, 0.4) is 0 Å². The second-order valence-electron chi connectivity index (χ2n) is 8.90. The van der Waals surface area contributed by atoms with E-state index in [-0.39, 0.29) is 5.54 Å². The minimum atomic E-state index is 0.108. The Bertz CT molecular complexity index is 665.